The van der Waals surface area contributed by atoms with Crippen LogP contribution in [0, 0.1) is 0 Å². The number of halogens is 3. The van der Waals surface area contributed by atoms with Gasteiger partial charge in [0.1, 0.15) is 12.6 Å². The normalized spacial score (nSPS) is 12.0. The predicted octanol–water partition coefficient (Wildman–Crippen LogP) is 7.12. The molecule has 2 amide bonds. The summed E-state index contributed by atoms with van der Waals surface area (Å²) in [5.74, 6) is -0.937. The highest BCUT2D eigenvalue weighted by molar-refractivity contribution is 9.10. The number of amides is 2. The van der Waals surface area contributed by atoms with E-state index >= 15 is 0 Å². The molecular weight excluding hydrogens is 685 g/mol. The van der Waals surface area contributed by atoms with Crippen molar-refractivity contribution >= 4 is 66.7 Å². The van der Waals surface area contributed by atoms with Gasteiger partial charge >= 0.3 is 0 Å². The molecule has 4 rings (SSSR count). The van der Waals surface area contributed by atoms with E-state index in [0.717, 1.165) is 9.87 Å². The second kappa shape index (κ2) is 15.1. The lowest BCUT2D eigenvalue weighted by Gasteiger charge is -2.34. The third-order valence-electron chi connectivity index (χ3n) is 6.75. The average molecular weight is 718 g/mol. The summed E-state index contributed by atoms with van der Waals surface area (Å²) < 4.78 is 29.7. The SMILES string of the molecule is CC(C)NC(=O)C(Cc1ccccc1)N(Cc1ccc(Cl)c(Cl)c1)C(=O)CN(c1cccc(Br)c1)S(=O)(=O)c1ccccc1. The minimum Gasteiger partial charge on any atom is -0.352 e. The quantitative estimate of drug-likeness (QED) is 0.169. The van der Waals surface area contributed by atoms with Crippen molar-refractivity contribution in [2.24, 2.45) is 0 Å². The van der Waals surface area contributed by atoms with Crippen molar-refractivity contribution in [2.45, 2.75) is 43.8 Å². The molecule has 0 saturated heterocycles. The number of rotatable bonds is 12. The van der Waals surface area contributed by atoms with Crippen LogP contribution in [0.2, 0.25) is 10.0 Å². The van der Waals surface area contributed by atoms with Gasteiger partial charge in [-0.2, -0.15) is 0 Å². The average Bonchev–Trinajstić information content (AvgIpc) is 2.99. The van der Waals surface area contributed by atoms with Gasteiger partial charge in [0.25, 0.3) is 10.0 Å². The van der Waals surface area contributed by atoms with Gasteiger partial charge in [-0.05, 0) is 67.4 Å². The van der Waals surface area contributed by atoms with Crippen LogP contribution in [0.25, 0.3) is 0 Å². The van der Waals surface area contributed by atoms with Crippen molar-refractivity contribution in [1.82, 2.24) is 10.2 Å². The first-order valence-electron chi connectivity index (χ1n) is 13.9. The molecule has 230 valence electrons. The Balaban J connectivity index is 1.81. The number of anilines is 1. The van der Waals surface area contributed by atoms with Crippen LogP contribution >= 0.6 is 39.1 Å². The van der Waals surface area contributed by atoms with Gasteiger partial charge in [-0.25, -0.2) is 8.42 Å². The molecule has 0 aromatic heterocycles. The highest BCUT2D eigenvalue weighted by Gasteiger charge is 2.35. The molecule has 0 radical (unpaired) electrons. The fourth-order valence-corrected chi connectivity index (χ4v) is 6.78. The second-order valence-electron chi connectivity index (χ2n) is 10.4. The topological polar surface area (TPSA) is 86.8 Å². The number of sulfonamides is 1. The summed E-state index contributed by atoms with van der Waals surface area (Å²) in [6, 6.07) is 27.8. The molecule has 44 heavy (non-hydrogen) atoms. The van der Waals surface area contributed by atoms with E-state index in [1.54, 1.807) is 60.7 Å². The van der Waals surface area contributed by atoms with Crippen LogP contribution in [0.3, 0.4) is 0 Å². The molecule has 4 aromatic rings. The summed E-state index contributed by atoms with van der Waals surface area (Å²) in [7, 11) is -4.18. The summed E-state index contributed by atoms with van der Waals surface area (Å²) in [4.78, 5) is 29.6. The van der Waals surface area contributed by atoms with E-state index in [2.05, 4.69) is 21.2 Å². The number of hydrogen-bond donors (Lipinski definition) is 1. The standard InChI is InChI=1S/C33H32BrCl2N3O4S/c1-23(2)37-33(41)31(19-24-10-5-3-6-11-24)38(21-25-16-17-29(35)30(36)18-25)32(40)22-39(27-13-9-12-26(34)20-27)44(42,43)28-14-7-4-8-15-28/h3-18,20,23,31H,19,21-22H2,1-2H3,(H,37,41). The molecule has 0 saturated carbocycles. The minimum atomic E-state index is -4.18. The minimum absolute atomic E-state index is 0.0174. The van der Waals surface area contributed by atoms with Gasteiger partial charge < -0.3 is 10.2 Å². The zero-order chi connectivity index (χ0) is 31.9. The Hall–Kier alpha value is -3.37. The van der Waals surface area contributed by atoms with Crippen LogP contribution in [0.15, 0.2) is 112 Å². The molecule has 11 heteroatoms. The highest BCUT2D eigenvalue weighted by atomic mass is 79.9. The van der Waals surface area contributed by atoms with Gasteiger partial charge in [0.2, 0.25) is 11.8 Å². The van der Waals surface area contributed by atoms with Crippen molar-refractivity contribution in [1.29, 1.82) is 0 Å². The van der Waals surface area contributed by atoms with Crippen LogP contribution in [0.1, 0.15) is 25.0 Å². The smallest absolute Gasteiger partial charge is 0.264 e. The molecule has 0 heterocycles. The molecule has 0 bridgehead atoms. The Labute approximate surface area is 277 Å². The number of nitrogens with zero attached hydrogens (tertiary/aromatic N) is 2. The molecule has 0 aliphatic carbocycles. The summed E-state index contributed by atoms with van der Waals surface area (Å²) in [6.45, 7) is 3.10. The number of carbonyl (C=O) groups excluding carboxylic acids is 2. The first kappa shape index (κ1) is 33.5. The van der Waals surface area contributed by atoms with E-state index in [0.29, 0.717) is 20.1 Å². The van der Waals surface area contributed by atoms with E-state index in [1.807, 2.05) is 44.2 Å². The largest absolute Gasteiger partial charge is 0.352 e. The van der Waals surface area contributed by atoms with Gasteiger partial charge in [-0.3, -0.25) is 13.9 Å². The molecule has 4 aromatic carbocycles. The van der Waals surface area contributed by atoms with Gasteiger partial charge in [0, 0.05) is 23.5 Å². The fraction of sp³-hybridized carbons (Fsp3) is 0.212. The maximum atomic E-state index is 14.4. The highest BCUT2D eigenvalue weighted by Crippen LogP contribution is 2.28. The number of nitrogens with one attached hydrogen (secondary N) is 1. The van der Waals surface area contributed by atoms with Crippen molar-refractivity contribution in [3.8, 4) is 0 Å². The van der Waals surface area contributed by atoms with Gasteiger partial charge in [0.05, 0.1) is 20.6 Å². The van der Waals surface area contributed by atoms with Crippen LogP contribution < -0.4 is 9.62 Å². The second-order valence-corrected chi connectivity index (χ2v) is 14.0. The van der Waals surface area contributed by atoms with E-state index in [-0.39, 0.29) is 35.5 Å². The summed E-state index contributed by atoms with van der Waals surface area (Å²) in [6.07, 6.45) is 0.203. The predicted molar refractivity (Wildman–Crippen MR) is 179 cm³/mol. The maximum Gasteiger partial charge on any atom is 0.264 e. The Morgan fingerprint density at radius 3 is 2.09 bits per heavy atom. The molecule has 7 nitrogen and oxygen atoms in total. The Kier molecular flexibility index (Phi) is 11.5. The van der Waals surface area contributed by atoms with E-state index in [4.69, 9.17) is 23.2 Å². The fourth-order valence-electron chi connectivity index (χ4n) is 4.65. The first-order chi connectivity index (χ1) is 21.0. The Morgan fingerprint density at radius 2 is 1.48 bits per heavy atom. The van der Waals surface area contributed by atoms with Crippen LogP contribution in [-0.4, -0.2) is 43.8 Å². The van der Waals surface area contributed by atoms with E-state index in [9.17, 15) is 18.0 Å². The van der Waals surface area contributed by atoms with Gasteiger partial charge in [-0.1, -0.05) is 99.8 Å². The zero-order valence-electron chi connectivity index (χ0n) is 24.2. The van der Waals surface area contributed by atoms with Crippen molar-refractivity contribution in [3.05, 3.63) is 129 Å². The first-order valence-corrected chi connectivity index (χ1v) is 16.9. The van der Waals surface area contributed by atoms with Crippen LogP contribution in [-0.2, 0) is 32.6 Å². The van der Waals surface area contributed by atoms with Crippen molar-refractivity contribution in [2.75, 3.05) is 10.8 Å². The molecule has 0 spiro atoms. The third kappa shape index (κ3) is 8.63. The molecular formula is C33H32BrCl2N3O4S. The van der Waals surface area contributed by atoms with Gasteiger partial charge in [-0.15, -0.1) is 0 Å². The van der Waals surface area contributed by atoms with Crippen LogP contribution in [0.5, 0.6) is 0 Å². The summed E-state index contributed by atoms with van der Waals surface area (Å²) >= 11 is 15.9. The molecule has 0 aliphatic rings. The monoisotopic (exact) mass is 715 g/mol. The molecule has 0 aliphatic heterocycles. The zero-order valence-corrected chi connectivity index (χ0v) is 28.1. The molecule has 1 unspecified atom stereocenters. The molecule has 1 atom stereocenters. The van der Waals surface area contributed by atoms with Crippen molar-refractivity contribution in [3.63, 3.8) is 0 Å². The lowest BCUT2D eigenvalue weighted by Crippen LogP contribution is -2.54. The number of benzene rings is 4. The number of carbonyl (C=O) groups is 2. The Morgan fingerprint density at radius 1 is 0.818 bits per heavy atom. The lowest BCUT2D eigenvalue weighted by molar-refractivity contribution is -0.140. The van der Waals surface area contributed by atoms with Crippen molar-refractivity contribution < 1.29 is 18.0 Å². The number of hydrogen-bond acceptors (Lipinski definition) is 4. The van der Waals surface area contributed by atoms with E-state index < -0.39 is 28.5 Å². The van der Waals surface area contributed by atoms with E-state index in [1.165, 1.54) is 17.0 Å². The summed E-state index contributed by atoms with van der Waals surface area (Å²) in [5, 5.41) is 3.58. The molecule has 1 N–H and O–H groups in total. The van der Waals surface area contributed by atoms with Crippen LogP contribution in [0.4, 0.5) is 5.69 Å². The Bertz CT molecular complexity index is 1710. The van der Waals surface area contributed by atoms with Gasteiger partial charge in [0.15, 0.2) is 0 Å². The lowest BCUT2D eigenvalue weighted by atomic mass is 10.0. The maximum absolute atomic E-state index is 14.4. The third-order valence-corrected chi connectivity index (χ3v) is 9.77. The molecule has 0 fully saturated rings. The summed E-state index contributed by atoms with van der Waals surface area (Å²) in [5.41, 5.74) is 1.75.